The Morgan fingerprint density at radius 2 is 1.95 bits per heavy atom. The monoisotopic (exact) mass is 267 g/mol. The lowest BCUT2D eigenvalue weighted by Gasteiger charge is -2.42. The molecule has 2 fully saturated rings. The van der Waals surface area contributed by atoms with Crippen LogP contribution in [-0.2, 0) is 0 Å². The van der Waals surface area contributed by atoms with Crippen LogP contribution in [-0.4, -0.2) is 62.7 Å². The molecule has 0 aromatic carbocycles. The highest BCUT2D eigenvalue weighted by Gasteiger charge is 2.35. The van der Waals surface area contributed by atoms with Crippen LogP contribution >= 0.6 is 0 Å². The number of nitrogens with one attached hydrogen (secondary N) is 1. The predicted octanol–water partition coefficient (Wildman–Crippen LogP) is 2.04. The zero-order valence-electron chi connectivity index (χ0n) is 13.4. The lowest BCUT2D eigenvalue weighted by atomic mass is 9.69. The molecule has 0 radical (unpaired) electrons. The molecular formula is C16H33N3. The van der Waals surface area contributed by atoms with Crippen molar-refractivity contribution in [2.45, 2.75) is 45.6 Å². The summed E-state index contributed by atoms with van der Waals surface area (Å²) in [4.78, 5) is 5.18. The van der Waals surface area contributed by atoms with Crippen LogP contribution in [0.3, 0.4) is 0 Å². The van der Waals surface area contributed by atoms with Crippen LogP contribution in [0.5, 0.6) is 0 Å². The fourth-order valence-electron chi connectivity index (χ4n) is 3.92. The van der Waals surface area contributed by atoms with Gasteiger partial charge in [0.05, 0.1) is 0 Å². The number of nitrogens with zero attached hydrogens (tertiary/aromatic N) is 2. The molecule has 1 saturated heterocycles. The molecule has 0 spiro atoms. The average Bonchev–Trinajstić information content (AvgIpc) is 2.54. The summed E-state index contributed by atoms with van der Waals surface area (Å²) >= 11 is 0. The summed E-state index contributed by atoms with van der Waals surface area (Å²) in [6, 6.07) is 0.731. The summed E-state index contributed by atoms with van der Waals surface area (Å²) in [5.41, 5.74) is 0.542. The molecule has 2 unspecified atom stereocenters. The molecule has 1 aliphatic carbocycles. The molecule has 19 heavy (non-hydrogen) atoms. The lowest BCUT2D eigenvalue weighted by molar-refractivity contribution is 0.104. The van der Waals surface area contributed by atoms with Crippen molar-refractivity contribution >= 4 is 0 Å². The molecule has 3 nitrogen and oxygen atoms in total. The minimum absolute atomic E-state index is 0.542. The van der Waals surface area contributed by atoms with Gasteiger partial charge in [-0.05, 0) is 64.2 Å². The van der Waals surface area contributed by atoms with Gasteiger partial charge in [-0.25, -0.2) is 0 Å². The number of hydrogen-bond donors (Lipinski definition) is 1. The van der Waals surface area contributed by atoms with Crippen molar-refractivity contribution in [3.8, 4) is 0 Å². The minimum atomic E-state index is 0.542. The molecule has 3 heteroatoms. The van der Waals surface area contributed by atoms with E-state index in [-0.39, 0.29) is 0 Å². The van der Waals surface area contributed by atoms with Crippen LogP contribution in [0.1, 0.15) is 39.5 Å². The van der Waals surface area contributed by atoms with E-state index in [0.29, 0.717) is 5.41 Å². The Labute approximate surface area is 119 Å². The van der Waals surface area contributed by atoms with Gasteiger partial charge in [0.15, 0.2) is 0 Å². The summed E-state index contributed by atoms with van der Waals surface area (Å²) < 4.78 is 0. The summed E-state index contributed by atoms with van der Waals surface area (Å²) in [5, 5.41) is 3.57. The SMILES string of the molecule is CNC1CCC(C)(C)CC1CN1CCCN(C)CC1. The second-order valence-corrected chi connectivity index (χ2v) is 7.52. The van der Waals surface area contributed by atoms with Crippen LogP contribution in [0.4, 0.5) is 0 Å². The second-order valence-electron chi connectivity index (χ2n) is 7.52. The summed E-state index contributed by atoms with van der Waals surface area (Å²) in [5.74, 6) is 0.831. The summed E-state index contributed by atoms with van der Waals surface area (Å²) in [7, 11) is 4.40. The molecule has 2 atom stereocenters. The van der Waals surface area contributed by atoms with E-state index < -0.39 is 0 Å². The average molecular weight is 267 g/mol. The van der Waals surface area contributed by atoms with Crippen molar-refractivity contribution in [1.82, 2.24) is 15.1 Å². The van der Waals surface area contributed by atoms with E-state index in [1.54, 1.807) is 0 Å². The molecule has 1 aliphatic heterocycles. The smallest absolute Gasteiger partial charge is 0.0109 e. The number of likely N-dealkylation sites (N-methyl/N-ethyl adjacent to an activating group) is 1. The topological polar surface area (TPSA) is 18.5 Å². The fourth-order valence-corrected chi connectivity index (χ4v) is 3.92. The summed E-state index contributed by atoms with van der Waals surface area (Å²) in [6.07, 6.45) is 5.43. The Morgan fingerprint density at radius 3 is 2.68 bits per heavy atom. The highest BCUT2D eigenvalue weighted by Crippen LogP contribution is 2.39. The maximum Gasteiger partial charge on any atom is 0.0109 e. The van der Waals surface area contributed by atoms with E-state index in [1.165, 1.54) is 58.4 Å². The van der Waals surface area contributed by atoms with E-state index >= 15 is 0 Å². The Kier molecular flexibility index (Phi) is 5.27. The van der Waals surface area contributed by atoms with E-state index in [4.69, 9.17) is 0 Å². The molecule has 0 aromatic heterocycles. The third-order valence-electron chi connectivity index (χ3n) is 5.19. The van der Waals surface area contributed by atoms with Crippen molar-refractivity contribution < 1.29 is 0 Å². The molecule has 1 heterocycles. The first-order valence-electron chi connectivity index (χ1n) is 8.08. The van der Waals surface area contributed by atoms with Gasteiger partial charge in [0.25, 0.3) is 0 Å². The van der Waals surface area contributed by atoms with Crippen LogP contribution in [0.25, 0.3) is 0 Å². The quantitative estimate of drug-likeness (QED) is 0.844. The third-order valence-corrected chi connectivity index (χ3v) is 5.19. The highest BCUT2D eigenvalue weighted by molar-refractivity contribution is 4.90. The van der Waals surface area contributed by atoms with Crippen molar-refractivity contribution in [1.29, 1.82) is 0 Å². The molecule has 2 rings (SSSR count). The van der Waals surface area contributed by atoms with Crippen LogP contribution < -0.4 is 5.32 Å². The first kappa shape index (κ1) is 15.3. The largest absolute Gasteiger partial charge is 0.317 e. The lowest BCUT2D eigenvalue weighted by Crippen LogP contribution is -2.47. The van der Waals surface area contributed by atoms with Gasteiger partial charge in [0, 0.05) is 25.7 Å². The second kappa shape index (κ2) is 6.55. The zero-order chi connectivity index (χ0) is 13.9. The number of rotatable bonds is 3. The van der Waals surface area contributed by atoms with Gasteiger partial charge in [-0.3, -0.25) is 0 Å². The van der Waals surface area contributed by atoms with E-state index in [0.717, 1.165) is 12.0 Å². The molecule has 0 bridgehead atoms. The van der Waals surface area contributed by atoms with Crippen LogP contribution in [0.15, 0.2) is 0 Å². The Hall–Kier alpha value is -0.120. The van der Waals surface area contributed by atoms with Gasteiger partial charge < -0.3 is 15.1 Å². The van der Waals surface area contributed by atoms with Crippen molar-refractivity contribution in [3.63, 3.8) is 0 Å². The molecule has 112 valence electrons. The molecule has 0 amide bonds. The standard InChI is InChI=1S/C16H33N3/c1-16(2)7-6-15(17-3)14(12-16)13-19-9-5-8-18(4)10-11-19/h14-15,17H,5-13H2,1-4H3. The van der Waals surface area contributed by atoms with Gasteiger partial charge in [0.2, 0.25) is 0 Å². The Balaban J connectivity index is 1.91. The molecular weight excluding hydrogens is 234 g/mol. The van der Waals surface area contributed by atoms with Crippen LogP contribution in [0.2, 0.25) is 0 Å². The van der Waals surface area contributed by atoms with Gasteiger partial charge in [-0.1, -0.05) is 13.8 Å². The first-order valence-corrected chi connectivity index (χ1v) is 8.08. The van der Waals surface area contributed by atoms with Gasteiger partial charge >= 0.3 is 0 Å². The Bertz CT molecular complexity index is 277. The predicted molar refractivity (Wildman–Crippen MR) is 82.5 cm³/mol. The fraction of sp³-hybridized carbons (Fsp3) is 1.00. The number of hydrogen-bond acceptors (Lipinski definition) is 3. The van der Waals surface area contributed by atoms with Gasteiger partial charge in [0.1, 0.15) is 0 Å². The maximum absolute atomic E-state index is 3.57. The maximum atomic E-state index is 3.57. The minimum Gasteiger partial charge on any atom is -0.317 e. The zero-order valence-corrected chi connectivity index (χ0v) is 13.4. The van der Waals surface area contributed by atoms with E-state index in [2.05, 4.69) is 43.1 Å². The van der Waals surface area contributed by atoms with Crippen molar-refractivity contribution in [2.24, 2.45) is 11.3 Å². The summed E-state index contributed by atoms with van der Waals surface area (Å²) in [6.45, 7) is 11.2. The van der Waals surface area contributed by atoms with Crippen molar-refractivity contribution in [2.75, 3.05) is 46.8 Å². The van der Waals surface area contributed by atoms with Crippen molar-refractivity contribution in [3.05, 3.63) is 0 Å². The molecule has 2 aliphatic rings. The molecule has 0 aromatic rings. The Morgan fingerprint density at radius 1 is 1.16 bits per heavy atom. The normalized spacial score (nSPS) is 34.1. The van der Waals surface area contributed by atoms with Crippen LogP contribution in [0, 0.1) is 11.3 Å². The molecule has 1 N–H and O–H groups in total. The third kappa shape index (κ3) is 4.44. The van der Waals surface area contributed by atoms with E-state index in [9.17, 15) is 0 Å². The first-order chi connectivity index (χ1) is 9.00. The highest BCUT2D eigenvalue weighted by atomic mass is 15.2. The van der Waals surface area contributed by atoms with E-state index in [1.807, 2.05) is 0 Å². The van der Waals surface area contributed by atoms with Gasteiger partial charge in [-0.15, -0.1) is 0 Å². The van der Waals surface area contributed by atoms with Gasteiger partial charge in [-0.2, -0.15) is 0 Å². The molecule has 1 saturated carbocycles.